The van der Waals surface area contributed by atoms with Gasteiger partial charge in [0.25, 0.3) is 5.91 Å². The van der Waals surface area contributed by atoms with Gasteiger partial charge in [0.2, 0.25) is 10.0 Å². The van der Waals surface area contributed by atoms with Gasteiger partial charge in [0, 0.05) is 50.9 Å². The van der Waals surface area contributed by atoms with Crippen LogP contribution in [0.4, 0.5) is 0 Å². The topological polar surface area (TPSA) is 79.0 Å². The first-order valence-electron chi connectivity index (χ1n) is 10.1. The van der Waals surface area contributed by atoms with Crippen LogP contribution in [0.25, 0.3) is 0 Å². The van der Waals surface area contributed by atoms with Crippen LogP contribution >= 0.6 is 0 Å². The minimum absolute atomic E-state index is 0.0457. The van der Waals surface area contributed by atoms with Crippen molar-refractivity contribution in [3.8, 4) is 0 Å². The molecule has 0 bridgehead atoms. The molecule has 0 saturated carbocycles. The smallest absolute Gasteiger partial charge is 0.253 e. The zero-order valence-electron chi connectivity index (χ0n) is 16.8. The van der Waals surface area contributed by atoms with E-state index in [2.05, 4.69) is 9.62 Å². The van der Waals surface area contributed by atoms with Crippen molar-refractivity contribution in [3.63, 3.8) is 0 Å². The first kappa shape index (κ1) is 21.2. The number of carbonyl (C=O) groups is 1. The molecule has 28 heavy (non-hydrogen) atoms. The van der Waals surface area contributed by atoms with Crippen molar-refractivity contribution in [2.24, 2.45) is 0 Å². The fourth-order valence-corrected chi connectivity index (χ4v) is 4.91. The predicted octanol–water partition coefficient (Wildman–Crippen LogP) is 1.70. The summed E-state index contributed by atoms with van der Waals surface area (Å²) in [6, 6.07) is 6.09. The van der Waals surface area contributed by atoms with Gasteiger partial charge in [-0.1, -0.05) is 6.92 Å². The van der Waals surface area contributed by atoms with E-state index in [0.29, 0.717) is 31.2 Å². The Kier molecular flexibility index (Phi) is 7.09. The van der Waals surface area contributed by atoms with Gasteiger partial charge in [0.1, 0.15) is 0 Å². The molecule has 2 aliphatic heterocycles. The number of benzene rings is 1. The van der Waals surface area contributed by atoms with Crippen molar-refractivity contribution in [1.29, 1.82) is 0 Å². The van der Waals surface area contributed by atoms with Gasteiger partial charge in [-0.2, -0.15) is 0 Å². The molecule has 2 atom stereocenters. The van der Waals surface area contributed by atoms with Gasteiger partial charge < -0.3 is 9.64 Å². The number of hydrogen-bond acceptors (Lipinski definition) is 5. The highest BCUT2D eigenvalue weighted by atomic mass is 32.2. The molecular weight excluding hydrogens is 378 g/mol. The monoisotopic (exact) mass is 409 g/mol. The fourth-order valence-electron chi connectivity index (χ4n) is 3.59. The number of piperazine rings is 1. The van der Waals surface area contributed by atoms with Crippen molar-refractivity contribution >= 4 is 15.9 Å². The molecule has 0 spiro atoms. The van der Waals surface area contributed by atoms with Gasteiger partial charge in [0.15, 0.2) is 0 Å². The molecule has 2 saturated heterocycles. The average Bonchev–Trinajstić information content (AvgIpc) is 3.21. The molecule has 156 valence electrons. The van der Waals surface area contributed by atoms with Gasteiger partial charge in [-0.3, -0.25) is 9.69 Å². The first-order chi connectivity index (χ1) is 13.4. The molecule has 2 unspecified atom stereocenters. The summed E-state index contributed by atoms with van der Waals surface area (Å²) in [6.45, 7) is 8.61. The first-order valence-corrected chi connectivity index (χ1v) is 11.6. The lowest BCUT2D eigenvalue weighted by Gasteiger charge is -2.35. The third-order valence-corrected chi connectivity index (χ3v) is 7.13. The van der Waals surface area contributed by atoms with E-state index < -0.39 is 10.0 Å². The van der Waals surface area contributed by atoms with Crippen LogP contribution in [0.5, 0.6) is 0 Å². The Labute approximate surface area is 168 Å². The summed E-state index contributed by atoms with van der Waals surface area (Å²) in [5.41, 5.74) is 0.523. The standard InChI is InChI=1S/C20H31N3O4S/c1-3-16(2)21-28(25,26)19-8-6-17(7-9-19)20(24)23-12-10-22(11-13-23)15-18-5-4-14-27-18/h6-9,16,18,21H,3-5,10-15H2,1-2H3. The van der Waals surface area contributed by atoms with Crippen molar-refractivity contribution in [1.82, 2.24) is 14.5 Å². The average molecular weight is 410 g/mol. The SMILES string of the molecule is CCC(C)NS(=O)(=O)c1ccc(C(=O)N2CCN(CC3CCCO3)CC2)cc1. The molecule has 3 rings (SSSR count). The molecule has 1 aromatic carbocycles. The van der Waals surface area contributed by atoms with E-state index in [-0.39, 0.29) is 16.8 Å². The number of amides is 1. The van der Waals surface area contributed by atoms with E-state index in [1.54, 1.807) is 12.1 Å². The van der Waals surface area contributed by atoms with Gasteiger partial charge in [0.05, 0.1) is 11.0 Å². The Morgan fingerprint density at radius 1 is 1.21 bits per heavy atom. The lowest BCUT2D eigenvalue weighted by Crippen LogP contribution is -2.50. The van der Waals surface area contributed by atoms with E-state index in [0.717, 1.165) is 39.1 Å². The highest BCUT2D eigenvalue weighted by Crippen LogP contribution is 2.17. The van der Waals surface area contributed by atoms with Crippen molar-refractivity contribution in [2.45, 2.75) is 50.2 Å². The van der Waals surface area contributed by atoms with Crippen LogP contribution in [0.2, 0.25) is 0 Å². The van der Waals surface area contributed by atoms with E-state index in [1.807, 2.05) is 18.7 Å². The van der Waals surface area contributed by atoms with Crippen molar-refractivity contribution in [3.05, 3.63) is 29.8 Å². The molecule has 1 aromatic rings. The molecule has 2 heterocycles. The van der Waals surface area contributed by atoms with Crippen LogP contribution in [0, 0.1) is 0 Å². The Balaban J connectivity index is 1.55. The summed E-state index contributed by atoms with van der Waals surface area (Å²) in [5.74, 6) is -0.0457. The number of sulfonamides is 1. The minimum Gasteiger partial charge on any atom is -0.377 e. The summed E-state index contributed by atoms with van der Waals surface area (Å²) < 4.78 is 33.0. The van der Waals surface area contributed by atoms with E-state index in [9.17, 15) is 13.2 Å². The van der Waals surface area contributed by atoms with Gasteiger partial charge in [-0.25, -0.2) is 13.1 Å². The zero-order chi connectivity index (χ0) is 20.1. The molecule has 7 nitrogen and oxygen atoms in total. The van der Waals surface area contributed by atoms with Crippen LogP contribution in [-0.2, 0) is 14.8 Å². The third-order valence-electron chi connectivity index (χ3n) is 5.53. The molecule has 1 amide bonds. The predicted molar refractivity (Wildman–Crippen MR) is 108 cm³/mol. The molecule has 0 radical (unpaired) electrons. The second-order valence-corrected chi connectivity index (χ2v) is 9.40. The molecule has 0 aromatic heterocycles. The van der Waals surface area contributed by atoms with Crippen LogP contribution in [0.15, 0.2) is 29.2 Å². The Morgan fingerprint density at radius 2 is 1.89 bits per heavy atom. The lowest BCUT2D eigenvalue weighted by molar-refractivity contribution is 0.0432. The number of hydrogen-bond donors (Lipinski definition) is 1. The van der Waals surface area contributed by atoms with E-state index in [1.165, 1.54) is 12.1 Å². The second-order valence-electron chi connectivity index (χ2n) is 7.68. The third kappa shape index (κ3) is 5.31. The molecule has 2 aliphatic rings. The number of carbonyl (C=O) groups excluding carboxylic acids is 1. The van der Waals surface area contributed by atoms with Gasteiger partial charge in [-0.15, -0.1) is 0 Å². The van der Waals surface area contributed by atoms with Crippen LogP contribution < -0.4 is 4.72 Å². The Bertz CT molecular complexity index is 752. The van der Waals surface area contributed by atoms with Crippen LogP contribution in [0.1, 0.15) is 43.5 Å². The summed E-state index contributed by atoms with van der Waals surface area (Å²) in [4.78, 5) is 17.1. The summed E-state index contributed by atoms with van der Waals surface area (Å²) >= 11 is 0. The molecule has 0 aliphatic carbocycles. The Morgan fingerprint density at radius 3 is 2.46 bits per heavy atom. The molecular formula is C20H31N3O4S. The van der Waals surface area contributed by atoms with E-state index in [4.69, 9.17) is 4.74 Å². The quantitative estimate of drug-likeness (QED) is 0.742. The fraction of sp³-hybridized carbons (Fsp3) is 0.650. The number of rotatable bonds is 7. The number of nitrogens with zero attached hydrogens (tertiary/aromatic N) is 2. The summed E-state index contributed by atoms with van der Waals surface area (Å²) in [6.07, 6.45) is 3.32. The molecule has 2 fully saturated rings. The van der Waals surface area contributed by atoms with Crippen LogP contribution in [0.3, 0.4) is 0 Å². The second kappa shape index (κ2) is 9.35. The highest BCUT2D eigenvalue weighted by molar-refractivity contribution is 7.89. The largest absolute Gasteiger partial charge is 0.377 e. The minimum atomic E-state index is -3.55. The van der Waals surface area contributed by atoms with E-state index >= 15 is 0 Å². The zero-order valence-corrected chi connectivity index (χ0v) is 17.6. The van der Waals surface area contributed by atoms with Gasteiger partial charge >= 0.3 is 0 Å². The highest BCUT2D eigenvalue weighted by Gasteiger charge is 2.26. The maximum absolute atomic E-state index is 12.8. The van der Waals surface area contributed by atoms with Crippen molar-refractivity contribution < 1.29 is 17.9 Å². The molecule has 8 heteroatoms. The number of ether oxygens (including phenoxy) is 1. The lowest BCUT2D eigenvalue weighted by atomic mass is 10.1. The van der Waals surface area contributed by atoms with Crippen molar-refractivity contribution in [2.75, 3.05) is 39.3 Å². The van der Waals surface area contributed by atoms with Crippen LogP contribution in [-0.4, -0.2) is 75.6 Å². The molecule has 1 N–H and O–H groups in total. The Hall–Kier alpha value is -1.48. The van der Waals surface area contributed by atoms with Gasteiger partial charge in [-0.05, 0) is 50.5 Å². The maximum atomic E-state index is 12.8. The summed E-state index contributed by atoms with van der Waals surface area (Å²) in [5, 5.41) is 0. The number of nitrogens with one attached hydrogen (secondary N) is 1. The summed E-state index contributed by atoms with van der Waals surface area (Å²) in [7, 11) is -3.55. The maximum Gasteiger partial charge on any atom is 0.253 e. The normalized spacial score (nSPS) is 22.4.